The van der Waals surface area contributed by atoms with Crippen LogP contribution in [-0.4, -0.2) is 49.4 Å². The van der Waals surface area contributed by atoms with E-state index in [9.17, 15) is 14.7 Å². The topological polar surface area (TPSA) is 76.1 Å². The molecule has 0 saturated heterocycles. The highest BCUT2D eigenvalue weighted by Crippen LogP contribution is 2.45. The van der Waals surface area contributed by atoms with Crippen LogP contribution in [0.4, 0.5) is 0 Å². The van der Waals surface area contributed by atoms with Crippen LogP contribution in [-0.2, 0) is 4.79 Å². The lowest BCUT2D eigenvalue weighted by atomic mass is 9.80. The number of hydrogen-bond donors (Lipinski definition) is 1. The molecule has 1 aliphatic heterocycles. The van der Waals surface area contributed by atoms with Crippen LogP contribution in [0.15, 0.2) is 41.3 Å². The summed E-state index contributed by atoms with van der Waals surface area (Å²) in [5.74, 6) is -1.37. The Balaban J connectivity index is 2.19. The number of thioether (sulfide) groups is 1. The Morgan fingerprint density at radius 1 is 1.11 bits per heavy atom. The second-order valence-electron chi connectivity index (χ2n) is 6.24. The zero-order valence-electron chi connectivity index (χ0n) is 15.6. The highest BCUT2D eigenvalue weighted by Gasteiger charge is 2.43. The number of carboxylic acid groups (broad SMARTS) is 1. The van der Waals surface area contributed by atoms with Crippen molar-refractivity contribution in [2.45, 2.75) is 16.9 Å². The SMILES string of the molecule is COc1cc2c(cc1OC)[C@@H](C(=O)O)[C@@H](c1ccc(SC)cc1)N(C)C2=O. The summed E-state index contributed by atoms with van der Waals surface area (Å²) in [7, 11) is 4.59. The molecule has 0 fully saturated rings. The number of carboxylic acids is 1. The molecular formula is C20H21NO5S. The molecule has 6 nitrogen and oxygen atoms in total. The summed E-state index contributed by atoms with van der Waals surface area (Å²) in [6.45, 7) is 0. The molecule has 0 aliphatic carbocycles. The summed E-state index contributed by atoms with van der Waals surface area (Å²) in [5, 5.41) is 10.00. The van der Waals surface area contributed by atoms with E-state index in [0.717, 1.165) is 10.5 Å². The third-order valence-electron chi connectivity index (χ3n) is 4.90. The van der Waals surface area contributed by atoms with E-state index in [0.29, 0.717) is 22.6 Å². The summed E-state index contributed by atoms with van der Waals surface area (Å²) in [4.78, 5) is 27.8. The minimum atomic E-state index is -0.998. The second-order valence-corrected chi connectivity index (χ2v) is 7.12. The monoisotopic (exact) mass is 387 g/mol. The first-order valence-electron chi connectivity index (χ1n) is 8.32. The van der Waals surface area contributed by atoms with Gasteiger partial charge < -0.3 is 19.5 Å². The van der Waals surface area contributed by atoms with Gasteiger partial charge in [-0.2, -0.15) is 0 Å². The summed E-state index contributed by atoms with van der Waals surface area (Å²) in [6.07, 6.45) is 1.97. The van der Waals surface area contributed by atoms with E-state index in [1.807, 2.05) is 30.5 Å². The van der Waals surface area contributed by atoms with Gasteiger partial charge in [-0.25, -0.2) is 0 Å². The highest BCUT2D eigenvalue weighted by atomic mass is 32.2. The van der Waals surface area contributed by atoms with Gasteiger partial charge in [-0.3, -0.25) is 9.59 Å². The maximum Gasteiger partial charge on any atom is 0.313 e. The van der Waals surface area contributed by atoms with E-state index < -0.39 is 17.9 Å². The molecule has 0 radical (unpaired) electrons. The standard InChI is InChI=1S/C20H21NO5S/c1-21-18(11-5-7-12(27-4)8-6-11)17(20(23)24)13-9-15(25-2)16(26-3)10-14(13)19(21)22/h5-10,17-18H,1-4H3,(H,23,24)/t17-,18-/m1/s1. The third-order valence-corrected chi connectivity index (χ3v) is 5.64. The summed E-state index contributed by atoms with van der Waals surface area (Å²) in [5.41, 5.74) is 1.53. The molecule has 0 saturated carbocycles. The number of methoxy groups -OCH3 is 2. The van der Waals surface area contributed by atoms with E-state index in [1.54, 1.807) is 30.9 Å². The Bertz CT molecular complexity index is 881. The number of nitrogens with zero attached hydrogens (tertiary/aromatic N) is 1. The van der Waals surface area contributed by atoms with Gasteiger partial charge in [0.1, 0.15) is 5.92 Å². The molecule has 0 unspecified atom stereocenters. The van der Waals surface area contributed by atoms with Crippen molar-refractivity contribution in [1.82, 2.24) is 4.90 Å². The number of rotatable bonds is 5. The van der Waals surface area contributed by atoms with Crippen LogP contribution in [0, 0.1) is 0 Å². The quantitative estimate of drug-likeness (QED) is 0.793. The Morgan fingerprint density at radius 2 is 1.70 bits per heavy atom. The van der Waals surface area contributed by atoms with Gasteiger partial charge in [-0.05, 0) is 41.6 Å². The molecule has 142 valence electrons. The Kier molecular flexibility index (Phi) is 5.32. The smallest absolute Gasteiger partial charge is 0.313 e. The number of carbonyl (C=O) groups is 2. The van der Waals surface area contributed by atoms with Crippen LogP contribution in [0.1, 0.15) is 33.4 Å². The van der Waals surface area contributed by atoms with Crippen molar-refractivity contribution in [2.24, 2.45) is 0 Å². The van der Waals surface area contributed by atoms with Crippen molar-refractivity contribution in [3.05, 3.63) is 53.1 Å². The summed E-state index contributed by atoms with van der Waals surface area (Å²) < 4.78 is 10.6. The van der Waals surface area contributed by atoms with Gasteiger partial charge in [0.25, 0.3) is 5.91 Å². The normalized spacial score (nSPS) is 18.8. The number of hydrogen-bond acceptors (Lipinski definition) is 5. The van der Waals surface area contributed by atoms with E-state index in [-0.39, 0.29) is 5.91 Å². The lowest BCUT2D eigenvalue weighted by Gasteiger charge is -2.39. The molecular weight excluding hydrogens is 366 g/mol. The predicted octanol–water partition coefficient (Wildman–Crippen LogP) is 3.42. The molecule has 0 bridgehead atoms. The number of fused-ring (bicyclic) bond motifs is 1. The molecule has 0 aromatic heterocycles. The minimum Gasteiger partial charge on any atom is -0.493 e. The molecule has 1 amide bonds. The molecule has 1 heterocycles. The lowest BCUT2D eigenvalue weighted by molar-refractivity contribution is -0.140. The van der Waals surface area contributed by atoms with Crippen molar-refractivity contribution < 1.29 is 24.2 Å². The molecule has 3 rings (SSSR count). The molecule has 2 atom stereocenters. The van der Waals surface area contributed by atoms with Crippen molar-refractivity contribution in [3.8, 4) is 11.5 Å². The Labute approximate surface area is 162 Å². The lowest BCUT2D eigenvalue weighted by Crippen LogP contribution is -2.42. The Morgan fingerprint density at radius 3 is 2.22 bits per heavy atom. The summed E-state index contributed by atoms with van der Waals surface area (Å²) >= 11 is 1.60. The number of ether oxygens (including phenoxy) is 2. The first kappa shape index (κ1) is 19.1. The number of likely N-dealkylation sites (N-methyl/N-ethyl adjacent to an activating group) is 1. The van der Waals surface area contributed by atoms with E-state index in [4.69, 9.17) is 9.47 Å². The largest absolute Gasteiger partial charge is 0.493 e. The highest BCUT2D eigenvalue weighted by molar-refractivity contribution is 7.98. The summed E-state index contributed by atoms with van der Waals surface area (Å²) in [6, 6.07) is 10.2. The number of aliphatic carboxylic acids is 1. The van der Waals surface area contributed by atoms with Gasteiger partial charge in [0.05, 0.1) is 20.3 Å². The van der Waals surface area contributed by atoms with Crippen LogP contribution >= 0.6 is 11.8 Å². The van der Waals surface area contributed by atoms with Gasteiger partial charge in [0.15, 0.2) is 11.5 Å². The molecule has 7 heteroatoms. The fourth-order valence-corrected chi connectivity index (χ4v) is 3.94. The number of carbonyl (C=O) groups excluding carboxylic acids is 1. The fourth-order valence-electron chi connectivity index (χ4n) is 3.53. The average Bonchev–Trinajstić information content (AvgIpc) is 2.69. The van der Waals surface area contributed by atoms with Crippen LogP contribution in [0.2, 0.25) is 0 Å². The molecule has 0 spiro atoms. The fraction of sp³-hybridized carbons (Fsp3) is 0.300. The zero-order chi connectivity index (χ0) is 19.7. The average molecular weight is 387 g/mol. The minimum absolute atomic E-state index is 0.248. The van der Waals surface area contributed by atoms with Crippen LogP contribution < -0.4 is 9.47 Å². The van der Waals surface area contributed by atoms with Crippen LogP contribution in [0.3, 0.4) is 0 Å². The Hall–Kier alpha value is -2.67. The molecule has 2 aromatic rings. The van der Waals surface area contributed by atoms with Crippen molar-refractivity contribution in [3.63, 3.8) is 0 Å². The number of benzene rings is 2. The molecule has 27 heavy (non-hydrogen) atoms. The van der Waals surface area contributed by atoms with Gasteiger partial charge >= 0.3 is 5.97 Å². The maximum absolute atomic E-state index is 13.0. The van der Waals surface area contributed by atoms with Crippen LogP contribution in [0.25, 0.3) is 0 Å². The van der Waals surface area contributed by atoms with Crippen molar-refractivity contribution in [2.75, 3.05) is 27.5 Å². The van der Waals surface area contributed by atoms with E-state index >= 15 is 0 Å². The van der Waals surface area contributed by atoms with E-state index in [1.165, 1.54) is 19.1 Å². The zero-order valence-corrected chi connectivity index (χ0v) is 16.4. The third kappa shape index (κ3) is 3.23. The molecule has 1 N–H and O–H groups in total. The van der Waals surface area contributed by atoms with Crippen molar-refractivity contribution >= 4 is 23.6 Å². The molecule has 1 aliphatic rings. The first-order chi connectivity index (χ1) is 12.9. The first-order valence-corrected chi connectivity index (χ1v) is 9.55. The van der Waals surface area contributed by atoms with Gasteiger partial charge in [0.2, 0.25) is 0 Å². The van der Waals surface area contributed by atoms with Gasteiger partial charge in [-0.1, -0.05) is 12.1 Å². The van der Waals surface area contributed by atoms with Crippen molar-refractivity contribution in [1.29, 1.82) is 0 Å². The van der Waals surface area contributed by atoms with E-state index in [2.05, 4.69) is 0 Å². The maximum atomic E-state index is 13.0. The number of amides is 1. The molecule has 2 aromatic carbocycles. The van der Waals surface area contributed by atoms with Crippen LogP contribution in [0.5, 0.6) is 11.5 Å². The predicted molar refractivity (Wildman–Crippen MR) is 103 cm³/mol. The van der Waals surface area contributed by atoms with Gasteiger partial charge in [0, 0.05) is 17.5 Å². The second kappa shape index (κ2) is 7.52. The van der Waals surface area contributed by atoms with Gasteiger partial charge in [-0.15, -0.1) is 11.8 Å².